The third-order valence-electron chi connectivity index (χ3n) is 4.33. The maximum Gasteiger partial charge on any atom is 0.341 e. The van der Waals surface area contributed by atoms with E-state index in [1.165, 1.54) is 7.11 Å². The Morgan fingerprint density at radius 3 is 2.67 bits per heavy atom. The van der Waals surface area contributed by atoms with Crippen LogP contribution in [0.4, 0.5) is 5.69 Å². The van der Waals surface area contributed by atoms with Crippen LogP contribution in [0.3, 0.4) is 0 Å². The van der Waals surface area contributed by atoms with E-state index in [1.54, 1.807) is 7.11 Å². The first-order valence-corrected chi connectivity index (χ1v) is 7.78. The summed E-state index contributed by atoms with van der Waals surface area (Å²) in [6, 6.07) is 0. The van der Waals surface area contributed by atoms with E-state index in [2.05, 4.69) is 4.74 Å². The number of benzene rings is 1. The molecule has 0 saturated carbocycles. The van der Waals surface area contributed by atoms with Gasteiger partial charge in [-0.15, -0.1) is 0 Å². The molecule has 24 heavy (non-hydrogen) atoms. The molecule has 130 valence electrons. The second kappa shape index (κ2) is 7.38. The molecule has 0 atom stereocenters. The number of carbonyl (C=O) groups is 2. The zero-order chi connectivity index (χ0) is 17.9. The molecule has 0 radical (unpaired) electrons. The number of carbonyl (C=O) groups excluding carboxylic acids is 2. The van der Waals surface area contributed by atoms with E-state index < -0.39 is 0 Å². The summed E-state index contributed by atoms with van der Waals surface area (Å²) in [6.45, 7) is 4.07. The molecule has 2 rings (SSSR count). The number of rotatable bonds is 6. The summed E-state index contributed by atoms with van der Waals surface area (Å²) in [5, 5.41) is 0. The van der Waals surface area contributed by atoms with E-state index in [4.69, 9.17) is 15.2 Å². The molecule has 2 N–H and O–H groups in total. The van der Waals surface area contributed by atoms with E-state index >= 15 is 0 Å². The Labute approximate surface area is 141 Å². The number of anilines is 1. The zero-order valence-corrected chi connectivity index (χ0v) is 14.5. The maximum atomic E-state index is 11.9. The van der Waals surface area contributed by atoms with Crippen molar-refractivity contribution in [3.05, 3.63) is 33.9 Å². The van der Waals surface area contributed by atoms with E-state index in [0.29, 0.717) is 36.3 Å². The van der Waals surface area contributed by atoms with E-state index in [0.717, 1.165) is 22.3 Å². The van der Waals surface area contributed by atoms with Gasteiger partial charge in [-0.25, -0.2) is 4.79 Å². The van der Waals surface area contributed by atoms with Crippen LogP contribution >= 0.6 is 0 Å². The van der Waals surface area contributed by atoms with Gasteiger partial charge in [0.1, 0.15) is 12.4 Å². The molecule has 6 heteroatoms. The highest BCUT2D eigenvalue weighted by atomic mass is 16.5. The quantitative estimate of drug-likeness (QED) is 0.489. The fourth-order valence-electron chi connectivity index (χ4n) is 2.87. The fourth-order valence-corrected chi connectivity index (χ4v) is 2.87. The number of methoxy groups -OCH3 is 2. The first-order chi connectivity index (χ1) is 11.4. The van der Waals surface area contributed by atoms with Gasteiger partial charge in [0.25, 0.3) is 0 Å². The van der Waals surface area contributed by atoms with Crippen molar-refractivity contribution in [3.63, 3.8) is 0 Å². The fraction of sp³-hybridized carbons (Fsp3) is 0.444. The Balaban J connectivity index is 2.30. The number of fused-ring (bicyclic) bond motifs is 1. The van der Waals surface area contributed by atoms with Crippen LogP contribution in [0.25, 0.3) is 0 Å². The van der Waals surface area contributed by atoms with Crippen LogP contribution < -0.4 is 10.5 Å². The van der Waals surface area contributed by atoms with Crippen LogP contribution in [0.1, 0.15) is 46.8 Å². The van der Waals surface area contributed by atoms with Crippen LogP contribution in [0, 0.1) is 6.92 Å². The number of nitrogen functional groups attached to an aromatic ring is 1. The molecule has 0 unspecified atom stereocenters. The van der Waals surface area contributed by atoms with Crippen LogP contribution in [0.15, 0.2) is 11.6 Å². The van der Waals surface area contributed by atoms with Crippen LogP contribution in [-0.4, -0.2) is 26.2 Å². The summed E-state index contributed by atoms with van der Waals surface area (Å²) in [7, 11) is 2.96. The minimum Gasteiger partial charge on any atom is -0.496 e. The summed E-state index contributed by atoms with van der Waals surface area (Å²) in [4.78, 5) is 23.1. The van der Waals surface area contributed by atoms with Crippen molar-refractivity contribution >= 4 is 17.6 Å². The Morgan fingerprint density at radius 1 is 1.33 bits per heavy atom. The summed E-state index contributed by atoms with van der Waals surface area (Å²) in [6.07, 6.45) is 3.45. The lowest BCUT2D eigenvalue weighted by Gasteiger charge is -2.16. The Morgan fingerprint density at radius 2 is 2.04 bits per heavy atom. The van der Waals surface area contributed by atoms with Gasteiger partial charge in [-0.3, -0.25) is 4.79 Å². The number of allylic oxidation sites excluding steroid dienone is 2. The van der Waals surface area contributed by atoms with Crippen LogP contribution in [0.5, 0.6) is 5.75 Å². The van der Waals surface area contributed by atoms with Gasteiger partial charge in [-0.2, -0.15) is 0 Å². The number of cyclic esters (lactones) is 1. The van der Waals surface area contributed by atoms with Crippen molar-refractivity contribution in [2.75, 3.05) is 20.0 Å². The molecule has 0 fully saturated rings. The first-order valence-electron chi connectivity index (χ1n) is 7.78. The standard InChI is InChI=1S/C18H23NO5/c1-10(6-8-14(20)22-3)5-7-12-16(19)15-13(9-24-18(15)21)11(2)17(12)23-4/h5H,6-9,19H2,1-4H3. The lowest BCUT2D eigenvalue weighted by atomic mass is 9.94. The molecule has 1 aromatic rings. The normalized spacial score (nSPS) is 13.5. The second-order valence-electron chi connectivity index (χ2n) is 5.81. The molecule has 0 spiro atoms. The van der Waals surface area contributed by atoms with E-state index in [-0.39, 0.29) is 18.5 Å². The van der Waals surface area contributed by atoms with Crippen molar-refractivity contribution < 1.29 is 23.8 Å². The van der Waals surface area contributed by atoms with Gasteiger partial charge in [0, 0.05) is 17.5 Å². The minimum absolute atomic E-state index is 0.231. The summed E-state index contributed by atoms with van der Waals surface area (Å²) in [5.74, 6) is 0.0541. The third kappa shape index (κ3) is 3.37. The predicted octanol–water partition coefficient (Wildman–Crippen LogP) is 2.70. The molecule has 0 aliphatic carbocycles. The highest BCUT2D eigenvalue weighted by molar-refractivity contribution is 6.00. The van der Waals surface area contributed by atoms with Gasteiger partial charge in [0.15, 0.2) is 0 Å². The molecular formula is C18H23NO5. The molecule has 1 aliphatic rings. The minimum atomic E-state index is -0.388. The average molecular weight is 333 g/mol. The van der Waals surface area contributed by atoms with Crippen molar-refractivity contribution in [2.24, 2.45) is 0 Å². The Hall–Kier alpha value is -2.50. The molecule has 0 amide bonds. The maximum absolute atomic E-state index is 11.9. The lowest BCUT2D eigenvalue weighted by Crippen LogP contribution is -2.08. The molecule has 1 aliphatic heterocycles. The Kier molecular flexibility index (Phi) is 5.49. The second-order valence-corrected chi connectivity index (χ2v) is 5.81. The predicted molar refractivity (Wildman–Crippen MR) is 90.0 cm³/mol. The van der Waals surface area contributed by atoms with Gasteiger partial charge in [-0.1, -0.05) is 11.6 Å². The SMILES string of the molecule is COC(=O)CCC(C)=CCc1c(N)c2c(c(C)c1OC)COC2=O. The lowest BCUT2D eigenvalue weighted by molar-refractivity contribution is -0.140. The number of hydrogen-bond donors (Lipinski definition) is 1. The smallest absolute Gasteiger partial charge is 0.341 e. The summed E-state index contributed by atoms with van der Waals surface area (Å²) >= 11 is 0. The van der Waals surface area contributed by atoms with E-state index in [1.807, 2.05) is 19.9 Å². The van der Waals surface area contributed by atoms with E-state index in [9.17, 15) is 9.59 Å². The van der Waals surface area contributed by atoms with Gasteiger partial charge >= 0.3 is 11.9 Å². The first kappa shape index (κ1) is 17.8. The topological polar surface area (TPSA) is 87.8 Å². The largest absolute Gasteiger partial charge is 0.496 e. The Bertz CT molecular complexity index is 706. The monoisotopic (exact) mass is 333 g/mol. The molecule has 0 aromatic heterocycles. The number of nitrogens with two attached hydrogens (primary N) is 1. The number of ether oxygens (including phenoxy) is 3. The van der Waals surface area contributed by atoms with Gasteiger partial charge in [-0.05, 0) is 32.3 Å². The van der Waals surface area contributed by atoms with Gasteiger partial charge in [0.05, 0.1) is 25.5 Å². The summed E-state index contributed by atoms with van der Waals surface area (Å²) < 4.78 is 15.3. The van der Waals surface area contributed by atoms with Crippen molar-refractivity contribution in [1.29, 1.82) is 0 Å². The zero-order valence-electron chi connectivity index (χ0n) is 14.5. The number of hydrogen-bond acceptors (Lipinski definition) is 6. The van der Waals surface area contributed by atoms with Crippen molar-refractivity contribution in [3.8, 4) is 5.75 Å². The molecule has 1 heterocycles. The highest BCUT2D eigenvalue weighted by Gasteiger charge is 2.30. The van der Waals surface area contributed by atoms with Gasteiger partial charge < -0.3 is 19.9 Å². The van der Waals surface area contributed by atoms with Crippen LogP contribution in [-0.2, 0) is 27.3 Å². The molecule has 1 aromatic carbocycles. The average Bonchev–Trinajstić information content (AvgIpc) is 2.96. The highest BCUT2D eigenvalue weighted by Crippen LogP contribution is 2.39. The van der Waals surface area contributed by atoms with Crippen molar-refractivity contribution in [1.82, 2.24) is 0 Å². The summed E-state index contributed by atoms with van der Waals surface area (Å²) in [5.41, 5.74) is 10.6. The third-order valence-corrected chi connectivity index (χ3v) is 4.33. The molecule has 0 saturated heterocycles. The van der Waals surface area contributed by atoms with Gasteiger partial charge in [0.2, 0.25) is 0 Å². The molecular weight excluding hydrogens is 310 g/mol. The van der Waals surface area contributed by atoms with Crippen molar-refractivity contribution in [2.45, 2.75) is 39.7 Å². The van der Waals surface area contributed by atoms with Crippen LogP contribution in [0.2, 0.25) is 0 Å². The number of esters is 2. The molecule has 6 nitrogen and oxygen atoms in total. The molecule has 0 bridgehead atoms.